The van der Waals surface area contributed by atoms with Crippen molar-refractivity contribution in [3.63, 3.8) is 0 Å². The van der Waals surface area contributed by atoms with Crippen LogP contribution in [0.25, 0.3) is 11.0 Å². The van der Waals surface area contributed by atoms with Gasteiger partial charge in [-0.05, 0) is 19.1 Å². The molecule has 3 N–H and O–H groups in total. The normalized spacial score (nSPS) is 12.6. The third kappa shape index (κ3) is 3.07. The van der Waals surface area contributed by atoms with Crippen LogP contribution in [-0.2, 0) is 11.2 Å². The average Bonchev–Trinajstić information content (AvgIpc) is 2.79. The summed E-state index contributed by atoms with van der Waals surface area (Å²) in [5.74, 6) is 0.736. The van der Waals surface area contributed by atoms with E-state index < -0.39 is 0 Å². The van der Waals surface area contributed by atoms with E-state index in [0.717, 1.165) is 16.9 Å². The van der Waals surface area contributed by atoms with Gasteiger partial charge in [0.25, 0.3) is 0 Å². The lowest BCUT2D eigenvalue weighted by atomic mass is 10.2. The summed E-state index contributed by atoms with van der Waals surface area (Å²) in [6.45, 7) is 1.72. The van der Waals surface area contributed by atoms with E-state index in [-0.39, 0.29) is 18.6 Å². The Morgan fingerprint density at radius 3 is 3.00 bits per heavy atom. The van der Waals surface area contributed by atoms with Crippen molar-refractivity contribution in [2.75, 3.05) is 6.61 Å². The van der Waals surface area contributed by atoms with Crippen LogP contribution in [0.1, 0.15) is 19.2 Å². The molecule has 0 bridgehead atoms. The fourth-order valence-corrected chi connectivity index (χ4v) is 1.75. The van der Waals surface area contributed by atoms with Gasteiger partial charge in [0.15, 0.2) is 0 Å². The molecule has 5 nitrogen and oxygen atoms in total. The summed E-state index contributed by atoms with van der Waals surface area (Å²) in [5, 5.41) is 11.5. The van der Waals surface area contributed by atoms with Gasteiger partial charge >= 0.3 is 0 Å². The van der Waals surface area contributed by atoms with Crippen LogP contribution in [0.3, 0.4) is 0 Å². The molecule has 0 saturated heterocycles. The molecule has 18 heavy (non-hydrogen) atoms. The highest BCUT2D eigenvalue weighted by atomic mass is 16.3. The smallest absolute Gasteiger partial charge is 0.220 e. The predicted octanol–water partition coefficient (Wildman–Crippen LogP) is 0.992. The second-order valence-corrected chi connectivity index (χ2v) is 4.35. The van der Waals surface area contributed by atoms with Gasteiger partial charge in [0.05, 0.1) is 17.6 Å². The Balaban J connectivity index is 1.92. The van der Waals surface area contributed by atoms with Gasteiger partial charge in [0, 0.05) is 18.9 Å². The van der Waals surface area contributed by atoms with Crippen LogP contribution in [-0.4, -0.2) is 33.6 Å². The number of nitrogens with one attached hydrogen (secondary N) is 2. The number of H-pyrrole nitrogens is 1. The van der Waals surface area contributed by atoms with E-state index in [1.165, 1.54) is 0 Å². The van der Waals surface area contributed by atoms with E-state index >= 15 is 0 Å². The molecule has 96 valence electrons. The summed E-state index contributed by atoms with van der Waals surface area (Å²) in [6.07, 6.45) is 0.933. The van der Waals surface area contributed by atoms with Gasteiger partial charge in [-0.15, -0.1) is 0 Å². The van der Waals surface area contributed by atoms with Crippen molar-refractivity contribution in [3.8, 4) is 0 Å². The minimum Gasteiger partial charge on any atom is -0.394 e. The molecule has 1 amide bonds. The topological polar surface area (TPSA) is 78.0 Å². The summed E-state index contributed by atoms with van der Waals surface area (Å²) in [4.78, 5) is 19.1. The first-order valence-corrected chi connectivity index (χ1v) is 6.03. The van der Waals surface area contributed by atoms with Crippen LogP contribution in [0.15, 0.2) is 24.3 Å². The van der Waals surface area contributed by atoms with Crippen molar-refractivity contribution in [2.45, 2.75) is 25.8 Å². The monoisotopic (exact) mass is 247 g/mol. The fraction of sp³-hybridized carbons (Fsp3) is 0.385. The lowest BCUT2D eigenvalue weighted by Gasteiger charge is -2.09. The SMILES string of the molecule is C[C@H](CO)NC(=O)CCc1nc2ccccc2[nH]1. The molecule has 0 aliphatic carbocycles. The van der Waals surface area contributed by atoms with Gasteiger partial charge in [-0.2, -0.15) is 0 Å². The molecule has 0 aliphatic rings. The number of imidazole rings is 1. The first-order chi connectivity index (χ1) is 8.69. The van der Waals surface area contributed by atoms with E-state index in [2.05, 4.69) is 15.3 Å². The van der Waals surface area contributed by atoms with Crippen molar-refractivity contribution >= 4 is 16.9 Å². The second-order valence-electron chi connectivity index (χ2n) is 4.35. The molecule has 0 aliphatic heterocycles. The highest BCUT2D eigenvalue weighted by Crippen LogP contribution is 2.11. The summed E-state index contributed by atoms with van der Waals surface area (Å²) < 4.78 is 0. The molecule has 1 heterocycles. The number of hydrogen-bond donors (Lipinski definition) is 3. The lowest BCUT2D eigenvalue weighted by Crippen LogP contribution is -2.35. The Morgan fingerprint density at radius 2 is 2.28 bits per heavy atom. The Labute approximate surface area is 105 Å². The number of aromatic amines is 1. The molecule has 0 saturated carbocycles. The minimum absolute atomic E-state index is 0.0453. The molecule has 0 unspecified atom stereocenters. The lowest BCUT2D eigenvalue weighted by molar-refractivity contribution is -0.121. The zero-order valence-electron chi connectivity index (χ0n) is 10.3. The Kier molecular flexibility index (Phi) is 3.94. The number of carbonyl (C=O) groups excluding carboxylic acids is 1. The van der Waals surface area contributed by atoms with Crippen LogP contribution in [0, 0.1) is 0 Å². The minimum atomic E-state index is -0.201. The Hall–Kier alpha value is -1.88. The number of fused-ring (bicyclic) bond motifs is 1. The quantitative estimate of drug-likeness (QED) is 0.737. The van der Waals surface area contributed by atoms with Crippen LogP contribution < -0.4 is 5.32 Å². The number of aryl methyl sites for hydroxylation is 1. The van der Waals surface area contributed by atoms with Gasteiger partial charge in [-0.25, -0.2) is 4.98 Å². The number of rotatable bonds is 5. The number of aromatic nitrogens is 2. The average molecular weight is 247 g/mol. The zero-order valence-corrected chi connectivity index (χ0v) is 10.3. The molecule has 2 rings (SSSR count). The molecule has 5 heteroatoms. The molecule has 0 spiro atoms. The molecular formula is C13H17N3O2. The van der Waals surface area contributed by atoms with E-state index in [4.69, 9.17) is 5.11 Å². The number of benzene rings is 1. The van der Waals surface area contributed by atoms with E-state index in [9.17, 15) is 4.79 Å². The van der Waals surface area contributed by atoms with Crippen LogP contribution in [0.4, 0.5) is 0 Å². The van der Waals surface area contributed by atoms with Crippen molar-refractivity contribution in [2.24, 2.45) is 0 Å². The van der Waals surface area contributed by atoms with E-state index in [0.29, 0.717) is 12.8 Å². The third-order valence-corrected chi connectivity index (χ3v) is 2.71. The molecule has 1 aromatic carbocycles. The number of para-hydroxylation sites is 2. The van der Waals surface area contributed by atoms with E-state index in [1.807, 2.05) is 24.3 Å². The first kappa shape index (κ1) is 12.6. The Bertz CT molecular complexity index is 503. The van der Waals surface area contributed by atoms with Gasteiger partial charge in [0.1, 0.15) is 5.82 Å². The van der Waals surface area contributed by atoms with Gasteiger partial charge < -0.3 is 15.4 Å². The number of amides is 1. The highest BCUT2D eigenvalue weighted by Gasteiger charge is 2.08. The molecular weight excluding hydrogens is 230 g/mol. The second kappa shape index (κ2) is 5.64. The summed E-state index contributed by atoms with van der Waals surface area (Å²) in [5.41, 5.74) is 1.90. The third-order valence-electron chi connectivity index (χ3n) is 2.71. The van der Waals surface area contributed by atoms with Gasteiger partial charge in [-0.3, -0.25) is 4.79 Å². The standard InChI is InChI=1S/C13H17N3O2/c1-9(8-17)14-13(18)7-6-12-15-10-4-2-3-5-11(10)16-12/h2-5,9,17H,6-8H2,1H3,(H,14,18)(H,15,16)/t9-/m1/s1. The number of aliphatic hydroxyl groups is 1. The summed E-state index contributed by atoms with van der Waals surface area (Å²) >= 11 is 0. The first-order valence-electron chi connectivity index (χ1n) is 6.03. The maximum absolute atomic E-state index is 11.5. The van der Waals surface area contributed by atoms with Gasteiger partial charge in [0.2, 0.25) is 5.91 Å². The summed E-state index contributed by atoms with van der Waals surface area (Å²) in [6, 6.07) is 7.57. The Morgan fingerprint density at radius 1 is 1.50 bits per heavy atom. The number of carbonyl (C=O) groups is 1. The van der Waals surface area contributed by atoms with Crippen molar-refractivity contribution in [1.82, 2.24) is 15.3 Å². The molecule has 1 aromatic heterocycles. The fourth-order valence-electron chi connectivity index (χ4n) is 1.75. The molecule has 1 atom stereocenters. The molecule has 0 radical (unpaired) electrons. The molecule has 2 aromatic rings. The van der Waals surface area contributed by atoms with Crippen molar-refractivity contribution < 1.29 is 9.90 Å². The highest BCUT2D eigenvalue weighted by molar-refractivity contribution is 5.77. The maximum Gasteiger partial charge on any atom is 0.220 e. The van der Waals surface area contributed by atoms with Crippen LogP contribution in [0.5, 0.6) is 0 Å². The van der Waals surface area contributed by atoms with Crippen molar-refractivity contribution in [3.05, 3.63) is 30.1 Å². The predicted molar refractivity (Wildman–Crippen MR) is 69.1 cm³/mol. The summed E-state index contributed by atoms with van der Waals surface area (Å²) in [7, 11) is 0. The van der Waals surface area contributed by atoms with Crippen LogP contribution in [0.2, 0.25) is 0 Å². The van der Waals surface area contributed by atoms with Gasteiger partial charge in [-0.1, -0.05) is 12.1 Å². The largest absolute Gasteiger partial charge is 0.394 e. The van der Waals surface area contributed by atoms with E-state index in [1.54, 1.807) is 6.92 Å². The van der Waals surface area contributed by atoms with Crippen molar-refractivity contribution in [1.29, 1.82) is 0 Å². The number of nitrogens with zero attached hydrogens (tertiary/aromatic N) is 1. The number of hydrogen-bond acceptors (Lipinski definition) is 3. The zero-order chi connectivity index (χ0) is 13.0. The maximum atomic E-state index is 11.5. The van der Waals surface area contributed by atoms with Crippen LogP contribution >= 0.6 is 0 Å². The molecule has 0 fully saturated rings. The number of aliphatic hydroxyl groups excluding tert-OH is 1.